The Morgan fingerprint density at radius 1 is 1.00 bits per heavy atom. The smallest absolute Gasteiger partial charge is 0.275 e. The minimum Gasteiger partial charge on any atom is -0.335 e. The number of para-hydroxylation sites is 2. The zero-order valence-corrected chi connectivity index (χ0v) is 17.7. The first-order valence-electron chi connectivity index (χ1n) is 9.71. The monoisotopic (exact) mass is 445 g/mol. The molecule has 0 spiro atoms. The van der Waals surface area contributed by atoms with Crippen molar-refractivity contribution in [1.29, 1.82) is 0 Å². The van der Waals surface area contributed by atoms with Gasteiger partial charge >= 0.3 is 0 Å². The highest BCUT2D eigenvalue weighted by Gasteiger charge is 2.25. The Morgan fingerprint density at radius 3 is 2.43 bits per heavy atom. The van der Waals surface area contributed by atoms with Gasteiger partial charge in [0.15, 0.2) is 5.69 Å². The fourth-order valence-corrected chi connectivity index (χ4v) is 4.02. The standard InChI is InChI=1S/C21H21Cl2N5O2/c22-15-5-3-6-16(23)20(15)24-18(29)8-9-27-10-12-28(13-11-27)21(30)19-14-4-1-2-7-17(14)25-26-19/h1-7H,8-13H2,(H,24,29)(H,25,26). The maximum atomic E-state index is 12.9. The largest absolute Gasteiger partial charge is 0.335 e. The van der Waals surface area contributed by atoms with Gasteiger partial charge in [0.1, 0.15) is 0 Å². The SMILES string of the molecule is O=C(CCN1CCN(C(=O)c2n[nH]c3ccccc23)CC1)Nc1c(Cl)cccc1Cl. The van der Waals surface area contributed by atoms with Crippen LogP contribution in [0.25, 0.3) is 10.9 Å². The molecule has 2 amide bonds. The van der Waals surface area contributed by atoms with Gasteiger partial charge in [-0.25, -0.2) is 0 Å². The number of carbonyl (C=O) groups is 2. The Morgan fingerprint density at radius 2 is 1.70 bits per heavy atom. The predicted molar refractivity (Wildman–Crippen MR) is 118 cm³/mol. The number of piperazine rings is 1. The zero-order chi connectivity index (χ0) is 21.1. The molecule has 0 radical (unpaired) electrons. The highest BCUT2D eigenvalue weighted by atomic mass is 35.5. The van der Waals surface area contributed by atoms with Crippen LogP contribution in [0.5, 0.6) is 0 Å². The second-order valence-electron chi connectivity index (χ2n) is 7.15. The van der Waals surface area contributed by atoms with Gasteiger partial charge in [0.2, 0.25) is 5.91 Å². The lowest BCUT2D eigenvalue weighted by atomic mass is 10.2. The lowest BCUT2D eigenvalue weighted by Gasteiger charge is -2.34. The van der Waals surface area contributed by atoms with E-state index in [-0.39, 0.29) is 11.8 Å². The van der Waals surface area contributed by atoms with Gasteiger partial charge in [0.25, 0.3) is 5.91 Å². The van der Waals surface area contributed by atoms with Gasteiger partial charge in [0, 0.05) is 44.5 Å². The summed E-state index contributed by atoms with van der Waals surface area (Å²) >= 11 is 12.2. The van der Waals surface area contributed by atoms with Crippen molar-refractivity contribution in [1.82, 2.24) is 20.0 Å². The predicted octanol–water partition coefficient (Wildman–Crippen LogP) is 3.66. The number of nitrogens with zero attached hydrogens (tertiary/aromatic N) is 3. The summed E-state index contributed by atoms with van der Waals surface area (Å²) in [5, 5.41) is 11.5. The van der Waals surface area contributed by atoms with Gasteiger partial charge in [-0.15, -0.1) is 0 Å². The summed E-state index contributed by atoms with van der Waals surface area (Å²) in [5.74, 6) is -0.218. The molecule has 1 saturated heterocycles. The minimum absolute atomic E-state index is 0.0711. The molecule has 0 bridgehead atoms. The van der Waals surface area contributed by atoms with Crippen molar-refractivity contribution in [3.63, 3.8) is 0 Å². The van der Waals surface area contributed by atoms with E-state index in [9.17, 15) is 9.59 Å². The van der Waals surface area contributed by atoms with E-state index in [0.717, 1.165) is 10.9 Å². The van der Waals surface area contributed by atoms with E-state index in [0.29, 0.717) is 60.6 Å². The summed E-state index contributed by atoms with van der Waals surface area (Å²) in [4.78, 5) is 29.1. The molecule has 2 heterocycles. The van der Waals surface area contributed by atoms with Crippen molar-refractivity contribution in [2.24, 2.45) is 0 Å². The number of hydrogen-bond donors (Lipinski definition) is 2. The molecule has 7 nitrogen and oxygen atoms in total. The molecular weight excluding hydrogens is 425 g/mol. The molecule has 0 aliphatic carbocycles. The summed E-state index contributed by atoms with van der Waals surface area (Å²) < 4.78 is 0. The number of fused-ring (bicyclic) bond motifs is 1. The van der Waals surface area contributed by atoms with Crippen LogP contribution in [0, 0.1) is 0 Å². The van der Waals surface area contributed by atoms with Crippen LogP contribution >= 0.6 is 23.2 Å². The Bertz CT molecular complexity index is 1060. The van der Waals surface area contributed by atoms with Crippen LogP contribution in [0.15, 0.2) is 42.5 Å². The quantitative estimate of drug-likeness (QED) is 0.627. The van der Waals surface area contributed by atoms with Gasteiger partial charge in [-0.2, -0.15) is 5.10 Å². The number of H-pyrrole nitrogens is 1. The lowest BCUT2D eigenvalue weighted by Crippen LogP contribution is -2.49. The molecule has 30 heavy (non-hydrogen) atoms. The Kier molecular flexibility index (Phi) is 6.22. The summed E-state index contributed by atoms with van der Waals surface area (Å²) in [5.41, 5.74) is 1.74. The van der Waals surface area contributed by atoms with E-state index in [2.05, 4.69) is 20.4 Å². The van der Waals surface area contributed by atoms with Gasteiger partial charge in [-0.05, 0) is 18.2 Å². The van der Waals surface area contributed by atoms with E-state index in [1.54, 1.807) is 18.2 Å². The molecule has 0 atom stereocenters. The third kappa shape index (κ3) is 4.43. The van der Waals surface area contributed by atoms with Crippen LogP contribution in [0.1, 0.15) is 16.9 Å². The summed E-state index contributed by atoms with van der Waals surface area (Å²) in [7, 11) is 0. The number of rotatable bonds is 5. The van der Waals surface area contributed by atoms with Crippen LogP contribution in [-0.4, -0.2) is 64.5 Å². The second kappa shape index (κ2) is 9.04. The molecule has 2 aromatic carbocycles. The second-order valence-corrected chi connectivity index (χ2v) is 7.96. The minimum atomic E-state index is -0.147. The van der Waals surface area contributed by atoms with Gasteiger partial charge in [-0.1, -0.05) is 47.5 Å². The third-order valence-electron chi connectivity index (χ3n) is 5.21. The molecule has 3 aromatic rings. The number of nitrogens with one attached hydrogen (secondary N) is 2. The summed E-state index contributed by atoms with van der Waals surface area (Å²) in [6, 6.07) is 12.7. The number of benzene rings is 2. The van der Waals surface area contributed by atoms with E-state index in [1.165, 1.54) is 0 Å². The topological polar surface area (TPSA) is 81.3 Å². The van der Waals surface area contributed by atoms with Crippen molar-refractivity contribution in [2.75, 3.05) is 38.0 Å². The molecule has 0 unspecified atom stereocenters. The van der Waals surface area contributed by atoms with Crippen LogP contribution in [0.2, 0.25) is 10.0 Å². The van der Waals surface area contributed by atoms with E-state index >= 15 is 0 Å². The molecule has 1 aliphatic rings. The van der Waals surface area contributed by atoms with Gasteiger partial charge in [0.05, 0.1) is 21.2 Å². The number of anilines is 1. The van der Waals surface area contributed by atoms with Gasteiger partial charge in [-0.3, -0.25) is 19.6 Å². The Hall–Kier alpha value is -2.61. The van der Waals surface area contributed by atoms with Crippen LogP contribution in [-0.2, 0) is 4.79 Å². The Balaban J connectivity index is 1.27. The average Bonchev–Trinajstić information content (AvgIpc) is 3.19. The Labute approximate surface area is 183 Å². The third-order valence-corrected chi connectivity index (χ3v) is 5.84. The van der Waals surface area contributed by atoms with Gasteiger partial charge < -0.3 is 10.2 Å². The number of carbonyl (C=O) groups excluding carboxylic acids is 2. The van der Waals surface area contributed by atoms with Crippen molar-refractivity contribution in [2.45, 2.75) is 6.42 Å². The average molecular weight is 446 g/mol. The number of hydrogen-bond acceptors (Lipinski definition) is 4. The summed E-state index contributed by atoms with van der Waals surface area (Å²) in [6.07, 6.45) is 0.319. The van der Waals surface area contributed by atoms with E-state index in [4.69, 9.17) is 23.2 Å². The molecule has 1 aliphatic heterocycles. The molecule has 4 rings (SSSR count). The molecule has 9 heteroatoms. The number of amides is 2. The first kappa shape index (κ1) is 20.7. The normalized spacial score (nSPS) is 14.8. The molecular formula is C21H21Cl2N5O2. The van der Waals surface area contributed by atoms with Crippen LogP contribution in [0.3, 0.4) is 0 Å². The molecule has 0 saturated carbocycles. The van der Waals surface area contributed by atoms with Crippen molar-refractivity contribution < 1.29 is 9.59 Å². The first-order chi connectivity index (χ1) is 14.5. The lowest BCUT2D eigenvalue weighted by molar-refractivity contribution is -0.116. The highest BCUT2D eigenvalue weighted by molar-refractivity contribution is 6.39. The van der Waals surface area contributed by atoms with E-state index in [1.807, 2.05) is 29.2 Å². The summed E-state index contributed by atoms with van der Waals surface area (Å²) in [6.45, 7) is 3.19. The van der Waals surface area contributed by atoms with E-state index < -0.39 is 0 Å². The number of aromatic amines is 1. The molecule has 156 valence electrons. The fraction of sp³-hybridized carbons (Fsp3) is 0.286. The highest BCUT2D eigenvalue weighted by Crippen LogP contribution is 2.29. The van der Waals surface area contributed by atoms with Crippen molar-refractivity contribution in [3.8, 4) is 0 Å². The fourth-order valence-electron chi connectivity index (χ4n) is 3.53. The molecule has 2 N–H and O–H groups in total. The van der Waals surface area contributed by atoms with Crippen molar-refractivity contribution in [3.05, 3.63) is 58.2 Å². The van der Waals surface area contributed by atoms with Crippen LogP contribution < -0.4 is 5.32 Å². The number of aromatic nitrogens is 2. The molecule has 1 aromatic heterocycles. The molecule has 1 fully saturated rings. The zero-order valence-electron chi connectivity index (χ0n) is 16.2. The van der Waals surface area contributed by atoms with Crippen LogP contribution in [0.4, 0.5) is 5.69 Å². The van der Waals surface area contributed by atoms with Crippen molar-refractivity contribution >= 4 is 51.6 Å². The number of halogens is 2. The maximum absolute atomic E-state index is 12.9. The first-order valence-corrected chi connectivity index (χ1v) is 10.5. The maximum Gasteiger partial charge on any atom is 0.275 e.